The third kappa shape index (κ3) is 10.2. The number of rotatable bonds is 15. The number of pyridine rings is 1. The van der Waals surface area contributed by atoms with Crippen LogP contribution in [0.5, 0.6) is 0 Å². The van der Waals surface area contributed by atoms with Gasteiger partial charge in [0.05, 0.1) is 23.0 Å². The summed E-state index contributed by atoms with van der Waals surface area (Å²) in [6.07, 6.45) is 7.55. The molecule has 2 atom stereocenters. The van der Waals surface area contributed by atoms with Gasteiger partial charge in [0.25, 0.3) is 0 Å². The third-order valence-electron chi connectivity index (χ3n) is 12.4. The summed E-state index contributed by atoms with van der Waals surface area (Å²) >= 11 is 0. The first-order valence-electron chi connectivity index (χ1n) is 21.5. The summed E-state index contributed by atoms with van der Waals surface area (Å²) < 4.78 is 58.2. The lowest BCUT2D eigenvalue weighted by Gasteiger charge is -2.37. The minimum absolute atomic E-state index is 0.0897. The summed E-state index contributed by atoms with van der Waals surface area (Å²) in [6.45, 7) is 12.8. The van der Waals surface area contributed by atoms with Crippen molar-refractivity contribution in [3.05, 3.63) is 100 Å². The molecular formula is C46H53F2N9O6S. The average molecular weight is 898 g/mol. The van der Waals surface area contributed by atoms with E-state index in [1.165, 1.54) is 18.7 Å². The Kier molecular flexibility index (Phi) is 14.0. The molecule has 0 aliphatic carbocycles. The topological polar surface area (TPSA) is 189 Å². The molecule has 4 aromatic rings. The number of halogens is 2. The number of imide groups is 1. The lowest BCUT2D eigenvalue weighted by molar-refractivity contribution is -0.134. The summed E-state index contributed by atoms with van der Waals surface area (Å²) in [6, 6.07) is 13.2. The molecule has 3 fully saturated rings. The molecule has 2 aromatic heterocycles. The van der Waals surface area contributed by atoms with E-state index in [1.807, 2.05) is 29.2 Å². The first-order chi connectivity index (χ1) is 30.6. The fraction of sp³-hybridized carbons (Fsp3) is 0.391. The van der Waals surface area contributed by atoms with Crippen molar-refractivity contribution in [1.29, 1.82) is 0 Å². The SMILES string of the molecule is C=Nc1[nH]cc(C(=O)c2c(F)ccc(NS(=O)(=O)C(C)CC)c2F)c1/C=C(\C)c1ccc(N2CCN(C(=O)CN3CCC(c4ccc(NC5CCC(=O)NC5=O)cc4)CC3)CC2)nc1. The monoisotopic (exact) mass is 897 g/mol. The summed E-state index contributed by atoms with van der Waals surface area (Å²) in [5, 5.41) is 4.75. The van der Waals surface area contributed by atoms with Crippen molar-refractivity contribution in [2.75, 3.05) is 60.8 Å². The van der Waals surface area contributed by atoms with Gasteiger partial charge in [0.15, 0.2) is 5.82 Å². The van der Waals surface area contributed by atoms with E-state index < -0.39 is 50.0 Å². The maximum atomic E-state index is 15.7. The zero-order chi connectivity index (χ0) is 45.7. The molecule has 2 unspecified atom stereocenters. The van der Waals surface area contributed by atoms with Gasteiger partial charge in [-0.3, -0.25) is 34.1 Å². The molecule has 3 aliphatic heterocycles. The normalized spacial score (nSPS) is 18.4. The predicted molar refractivity (Wildman–Crippen MR) is 243 cm³/mol. The number of hydrogen-bond donors (Lipinski definition) is 4. The van der Waals surface area contributed by atoms with Crippen LogP contribution in [-0.2, 0) is 24.4 Å². The number of hydrogen-bond acceptors (Lipinski definition) is 11. The molecule has 3 saturated heterocycles. The van der Waals surface area contributed by atoms with Crippen molar-refractivity contribution in [1.82, 2.24) is 25.1 Å². The maximum absolute atomic E-state index is 15.7. The van der Waals surface area contributed by atoms with Crippen LogP contribution in [0.25, 0.3) is 11.6 Å². The maximum Gasteiger partial charge on any atom is 0.249 e. The van der Waals surface area contributed by atoms with Gasteiger partial charge in [-0.2, -0.15) is 0 Å². The number of carbonyl (C=O) groups is 4. The van der Waals surface area contributed by atoms with Gasteiger partial charge >= 0.3 is 0 Å². The minimum atomic E-state index is -4.00. The molecule has 3 aliphatic rings. The van der Waals surface area contributed by atoms with Crippen LogP contribution in [-0.4, -0.2) is 116 Å². The number of amides is 3. The molecule has 18 heteroatoms. The molecule has 15 nitrogen and oxygen atoms in total. The van der Waals surface area contributed by atoms with Crippen LogP contribution in [0.2, 0.25) is 0 Å². The van der Waals surface area contributed by atoms with Crippen LogP contribution in [0.4, 0.5) is 31.8 Å². The Morgan fingerprint density at radius 1 is 1.00 bits per heavy atom. The number of nitrogens with one attached hydrogen (secondary N) is 4. The number of aromatic nitrogens is 2. The Bertz CT molecular complexity index is 2550. The van der Waals surface area contributed by atoms with E-state index in [2.05, 4.69) is 59.0 Å². The van der Waals surface area contributed by atoms with E-state index in [9.17, 15) is 27.6 Å². The van der Waals surface area contributed by atoms with Gasteiger partial charge in [0.2, 0.25) is 33.5 Å². The van der Waals surface area contributed by atoms with Crippen LogP contribution in [0.1, 0.15) is 91.4 Å². The van der Waals surface area contributed by atoms with E-state index in [4.69, 9.17) is 0 Å². The highest BCUT2D eigenvalue weighted by Crippen LogP contribution is 2.33. The number of allylic oxidation sites excluding steroid dienone is 1. The van der Waals surface area contributed by atoms with Crippen molar-refractivity contribution in [2.45, 2.75) is 70.1 Å². The number of ketones is 1. The number of aliphatic imine (C=N–C) groups is 1. The summed E-state index contributed by atoms with van der Waals surface area (Å²) in [5.74, 6) is -2.60. The number of piperazine rings is 1. The number of piperidine rings is 2. The molecule has 2 aromatic carbocycles. The fourth-order valence-electron chi connectivity index (χ4n) is 8.23. The van der Waals surface area contributed by atoms with Crippen molar-refractivity contribution < 1.29 is 36.4 Å². The molecule has 0 bridgehead atoms. The van der Waals surface area contributed by atoms with Gasteiger partial charge in [-0.1, -0.05) is 19.1 Å². The standard InChI is InChI=1S/C46H53F2N9O6S/c1-5-29(3)64(62,63)54-37-12-11-36(47)42(43(37)48)44(60)35-26-51-45(49-4)34(35)24-28(2)32-8-14-39(50-25-32)56-20-22-57(23-21-56)41(59)27-55-18-16-31(17-19-55)30-6-9-33(10-7-30)52-38-13-15-40(58)53-46(38)61/h6-12,14,24-26,29,31,38,51-52,54H,4-5,13,15-23,27H2,1-3H3,(H,53,58,61)/b28-24+. The van der Waals surface area contributed by atoms with E-state index in [0.717, 1.165) is 49.6 Å². The van der Waals surface area contributed by atoms with Gasteiger partial charge < -0.3 is 20.1 Å². The number of H-pyrrole nitrogens is 1. The Morgan fingerprint density at radius 2 is 1.72 bits per heavy atom. The Morgan fingerprint density at radius 3 is 2.36 bits per heavy atom. The molecular weight excluding hydrogens is 845 g/mol. The van der Waals surface area contributed by atoms with E-state index in [1.54, 1.807) is 26.1 Å². The van der Waals surface area contributed by atoms with Gasteiger partial charge in [-0.25, -0.2) is 27.2 Å². The Balaban J connectivity index is 0.913. The van der Waals surface area contributed by atoms with Gasteiger partial charge in [0.1, 0.15) is 23.5 Å². The molecule has 0 radical (unpaired) electrons. The first-order valence-corrected chi connectivity index (χ1v) is 23.0. The number of sulfonamides is 1. The lowest BCUT2D eigenvalue weighted by atomic mass is 9.89. The second kappa shape index (κ2) is 19.6. The Hall–Kier alpha value is -6.27. The van der Waals surface area contributed by atoms with E-state index in [0.29, 0.717) is 62.6 Å². The van der Waals surface area contributed by atoms with Gasteiger partial charge in [-0.05, 0) is 124 Å². The second-order valence-electron chi connectivity index (χ2n) is 16.5. The first kappa shape index (κ1) is 45.7. The lowest BCUT2D eigenvalue weighted by Crippen LogP contribution is -2.52. The van der Waals surface area contributed by atoms with Crippen molar-refractivity contribution >= 4 is 74.9 Å². The van der Waals surface area contributed by atoms with E-state index >= 15 is 8.78 Å². The van der Waals surface area contributed by atoms with Crippen molar-refractivity contribution in [3.63, 3.8) is 0 Å². The number of aromatic amines is 1. The molecule has 7 rings (SSSR count). The zero-order valence-electron chi connectivity index (χ0n) is 36.1. The quantitative estimate of drug-likeness (QED) is 0.0617. The molecule has 338 valence electrons. The van der Waals surface area contributed by atoms with Gasteiger partial charge in [0, 0.05) is 61.8 Å². The van der Waals surface area contributed by atoms with Crippen molar-refractivity contribution in [2.24, 2.45) is 4.99 Å². The van der Waals surface area contributed by atoms with Crippen LogP contribution in [0.3, 0.4) is 0 Å². The van der Waals surface area contributed by atoms with E-state index in [-0.39, 0.29) is 41.1 Å². The molecule has 3 amide bonds. The number of likely N-dealkylation sites (tertiary alicyclic amines) is 1. The van der Waals surface area contributed by atoms with Gasteiger partial charge in [-0.15, -0.1) is 0 Å². The number of anilines is 3. The highest BCUT2D eigenvalue weighted by atomic mass is 32.2. The fourth-order valence-corrected chi connectivity index (χ4v) is 9.33. The van der Waals surface area contributed by atoms with Crippen LogP contribution >= 0.6 is 0 Å². The highest BCUT2D eigenvalue weighted by Gasteiger charge is 2.30. The molecule has 0 spiro atoms. The predicted octanol–water partition coefficient (Wildman–Crippen LogP) is 6.10. The molecule has 64 heavy (non-hydrogen) atoms. The van der Waals surface area contributed by atoms with Crippen LogP contribution < -0.4 is 20.3 Å². The number of benzene rings is 2. The summed E-state index contributed by atoms with van der Waals surface area (Å²) in [7, 11) is -4.00. The Labute approximate surface area is 371 Å². The minimum Gasteiger partial charge on any atom is -0.374 e. The van der Waals surface area contributed by atoms with Crippen LogP contribution in [0.15, 0.2) is 65.9 Å². The summed E-state index contributed by atoms with van der Waals surface area (Å²) in [5.41, 5.74) is 2.16. The molecule has 4 N–H and O–H groups in total. The highest BCUT2D eigenvalue weighted by molar-refractivity contribution is 7.93. The smallest absolute Gasteiger partial charge is 0.249 e. The third-order valence-corrected chi connectivity index (χ3v) is 14.3. The number of carbonyl (C=O) groups excluding carboxylic acids is 4. The van der Waals surface area contributed by atoms with Crippen molar-refractivity contribution in [3.8, 4) is 0 Å². The van der Waals surface area contributed by atoms with Crippen LogP contribution in [0, 0.1) is 11.6 Å². The molecule has 5 heterocycles. The zero-order valence-corrected chi connectivity index (χ0v) is 36.9. The molecule has 0 saturated carbocycles. The largest absolute Gasteiger partial charge is 0.374 e. The summed E-state index contributed by atoms with van der Waals surface area (Å²) in [4.78, 5) is 68.4. The average Bonchev–Trinajstić information content (AvgIpc) is 3.70. The number of nitrogens with zero attached hydrogens (tertiary/aromatic N) is 5. The second-order valence-corrected chi connectivity index (χ2v) is 18.6.